The van der Waals surface area contributed by atoms with Gasteiger partial charge in [0, 0.05) is 0 Å². The second-order valence-electron chi connectivity index (χ2n) is 11.3. The molecule has 168 valence electrons. The fourth-order valence-corrected chi connectivity index (χ4v) is 7.72. The van der Waals surface area contributed by atoms with Gasteiger partial charge in [-0.3, -0.25) is 0 Å². The van der Waals surface area contributed by atoms with Gasteiger partial charge in [0.2, 0.25) is 0 Å². The molecule has 0 N–H and O–H groups in total. The average Bonchev–Trinajstić information content (AvgIpc) is 3.67. The Hall–Kier alpha value is -1.20. The van der Waals surface area contributed by atoms with E-state index >= 15 is 0 Å². The molecule has 4 fully saturated rings. The van der Waals surface area contributed by atoms with Gasteiger partial charge in [-0.2, -0.15) is 22.5 Å². The zero-order valence-electron chi connectivity index (χ0n) is 19.9. The van der Waals surface area contributed by atoms with Crippen molar-refractivity contribution in [3.05, 3.63) is 90.4 Å². The molecule has 0 spiro atoms. The van der Waals surface area contributed by atoms with Crippen molar-refractivity contribution in [1.29, 1.82) is 0 Å². The van der Waals surface area contributed by atoms with E-state index < -0.39 is 0 Å². The maximum atomic E-state index is 3.45. The van der Waals surface area contributed by atoms with Crippen molar-refractivity contribution in [2.24, 2.45) is 22.7 Å². The number of benzene rings is 2. The molecular weight excluding hydrogens is 476 g/mol. The van der Waals surface area contributed by atoms with Crippen LogP contribution in [0.2, 0.25) is 0 Å². The van der Waals surface area contributed by atoms with Gasteiger partial charge in [0.15, 0.2) is 0 Å². The molecule has 0 atom stereocenters. The van der Waals surface area contributed by atoms with E-state index in [1.54, 1.807) is 64.2 Å². The number of allylic oxidation sites excluding steroid dienone is 4. The summed E-state index contributed by atoms with van der Waals surface area (Å²) in [6.07, 6.45) is 25.0. The Morgan fingerprint density at radius 3 is 1.61 bits per heavy atom. The molecule has 0 aromatic heterocycles. The van der Waals surface area contributed by atoms with Crippen molar-refractivity contribution < 1.29 is 26.2 Å². The van der Waals surface area contributed by atoms with Gasteiger partial charge in [-0.15, -0.1) is 29.3 Å². The third-order valence-electron chi connectivity index (χ3n) is 9.21. The quantitative estimate of drug-likeness (QED) is 0.360. The van der Waals surface area contributed by atoms with Crippen LogP contribution in [0.5, 0.6) is 0 Å². The third kappa shape index (κ3) is 4.82. The Labute approximate surface area is 220 Å². The van der Waals surface area contributed by atoms with Crippen LogP contribution in [0.25, 0.3) is 11.1 Å². The van der Waals surface area contributed by atoms with Crippen LogP contribution in [0.4, 0.5) is 0 Å². The maximum Gasteiger partial charge on any atom is 2.00 e. The summed E-state index contributed by atoms with van der Waals surface area (Å²) in [5, 5.41) is 0. The number of fused-ring (bicyclic) bond motifs is 4. The SMILES string of the molecule is [C-]1=C(c2ccccc2)C(c2ccccc2)=CC1.[CH-](C12CCC(CC1)C2)C12CCC(CC1)C2.[Zr+2]. The van der Waals surface area contributed by atoms with Crippen LogP contribution in [-0.2, 0) is 26.2 Å². The van der Waals surface area contributed by atoms with Crippen LogP contribution in [0.1, 0.15) is 81.8 Å². The fraction of sp³-hybridized carbons (Fsp3) is 0.469. The second-order valence-corrected chi connectivity index (χ2v) is 11.3. The largest absolute Gasteiger partial charge is 2.00 e. The Kier molecular flexibility index (Phi) is 7.00. The first kappa shape index (κ1) is 23.5. The van der Waals surface area contributed by atoms with Crippen molar-refractivity contribution >= 4 is 11.1 Å². The molecule has 0 heterocycles. The van der Waals surface area contributed by atoms with Crippen molar-refractivity contribution in [2.75, 3.05) is 0 Å². The summed E-state index contributed by atoms with van der Waals surface area (Å²) in [6.45, 7) is 0. The van der Waals surface area contributed by atoms with Crippen molar-refractivity contribution in [3.8, 4) is 0 Å². The van der Waals surface area contributed by atoms with Crippen molar-refractivity contribution in [2.45, 2.75) is 70.6 Å². The molecule has 0 nitrogen and oxygen atoms in total. The van der Waals surface area contributed by atoms with Crippen LogP contribution in [0, 0.1) is 35.2 Å². The summed E-state index contributed by atoms with van der Waals surface area (Å²) in [6, 6.07) is 21.0. The van der Waals surface area contributed by atoms with E-state index in [1.807, 2.05) is 6.07 Å². The molecular formula is C32H36Zr. The van der Waals surface area contributed by atoms with E-state index in [-0.39, 0.29) is 26.2 Å². The topological polar surface area (TPSA) is 0 Å². The molecule has 5 aliphatic rings. The normalized spacial score (nSPS) is 33.2. The summed E-state index contributed by atoms with van der Waals surface area (Å²) >= 11 is 0. The van der Waals surface area contributed by atoms with Gasteiger partial charge in [0.05, 0.1) is 0 Å². The minimum absolute atomic E-state index is 0. The van der Waals surface area contributed by atoms with E-state index in [9.17, 15) is 0 Å². The first-order chi connectivity index (χ1) is 15.7. The van der Waals surface area contributed by atoms with Gasteiger partial charge in [-0.1, -0.05) is 125 Å². The first-order valence-electron chi connectivity index (χ1n) is 13.0. The van der Waals surface area contributed by atoms with Gasteiger partial charge in [0.25, 0.3) is 0 Å². The van der Waals surface area contributed by atoms with Crippen molar-refractivity contribution in [3.63, 3.8) is 0 Å². The fourth-order valence-electron chi connectivity index (χ4n) is 7.72. The predicted molar refractivity (Wildman–Crippen MR) is 134 cm³/mol. The summed E-state index contributed by atoms with van der Waals surface area (Å²) in [5.74, 6) is 2.24. The molecule has 4 bridgehead atoms. The molecule has 7 rings (SSSR count). The van der Waals surface area contributed by atoms with E-state index in [4.69, 9.17) is 0 Å². The minimum Gasteiger partial charge on any atom is -0.316 e. The molecule has 0 saturated heterocycles. The van der Waals surface area contributed by atoms with Gasteiger partial charge in [-0.05, 0) is 11.8 Å². The average molecular weight is 512 g/mol. The van der Waals surface area contributed by atoms with E-state index in [2.05, 4.69) is 73.2 Å². The van der Waals surface area contributed by atoms with Crippen molar-refractivity contribution in [1.82, 2.24) is 0 Å². The van der Waals surface area contributed by atoms with Gasteiger partial charge in [-0.25, -0.2) is 0 Å². The summed E-state index contributed by atoms with van der Waals surface area (Å²) < 4.78 is 0. The summed E-state index contributed by atoms with van der Waals surface area (Å²) in [7, 11) is 0. The minimum atomic E-state index is 0. The van der Waals surface area contributed by atoms with Gasteiger partial charge in [0.1, 0.15) is 0 Å². The number of hydrogen-bond acceptors (Lipinski definition) is 0. The Morgan fingerprint density at radius 1 is 0.667 bits per heavy atom. The number of rotatable bonds is 4. The molecule has 0 amide bonds. The van der Waals surface area contributed by atoms with E-state index in [0.29, 0.717) is 0 Å². The summed E-state index contributed by atoms with van der Waals surface area (Å²) in [5.41, 5.74) is 6.54. The van der Waals surface area contributed by atoms with E-state index in [1.165, 1.54) is 22.3 Å². The molecule has 0 aliphatic heterocycles. The zero-order valence-corrected chi connectivity index (χ0v) is 22.3. The first-order valence-corrected chi connectivity index (χ1v) is 13.0. The van der Waals surface area contributed by atoms with Gasteiger partial charge >= 0.3 is 26.2 Å². The molecule has 0 radical (unpaired) electrons. The van der Waals surface area contributed by atoms with Crippen LogP contribution in [0.15, 0.2) is 66.7 Å². The predicted octanol–water partition coefficient (Wildman–Crippen LogP) is 8.71. The molecule has 4 saturated carbocycles. The second kappa shape index (κ2) is 9.81. The number of hydrogen-bond donors (Lipinski definition) is 0. The molecule has 2 aromatic carbocycles. The molecule has 5 aliphatic carbocycles. The third-order valence-corrected chi connectivity index (χ3v) is 9.21. The zero-order chi connectivity index (χ0) is 21.4. The Bertz CT molecular complexity index is 902. The van der Waals surface area contributed by atoms with Crippen LogP contribution in [-0.4, -0.2) is 0 Å². The summed E-state index contributed by atoms with van der Waals surface area (Å²) in [4.78, 5) is 0. The standard InChI is InChI=1S/C17H13.C15H23.Zr/c1-3-8-14(9-4-1)16-12-7-13-17(16)15-10-5-2-6-11-15;1-5-14(6-2-12(1)9-14)11-15-7-3-13(10-15)4-8-15;/h1-6,8-12H,7H2;11-13H,1-10H2;/q2*-1;+2. The van der Waals surface area contributed by atoms with Crippen LogP contribution >= 0.6 is 0 Å². The Balaban J connectivity index is 0.000000135. The molecule has 0 unspecified atom stereocenters. The smallest absolute Gasteiger partial charge is 0.316 e. The van der Waals surface area contributed by atoms with Crippen LogP contribution in [0.3, 0.4) is 0 Å². The molecule has 2 aromatic rings. The monoisotopic (exact) mass is 510 g/mol. The molecule has 1 heteroatoms. The van der Waals surface area contributed by atoms with Gasteiger partial charge < -0.3 is 6.42 Å². The molecule has 33 heavy (non-hydrogen) atoms. The Morgan fingerprint density at radius 2 is 1.15 bits per heavy atom. The van der Waals surface area contributed by atoms with Crippen LogP contribution < -0.4 is 0 Å². The van der Waals surface area contributed by atoms with E-state index in [0.717, 1.165) is 29.1 Å². The maximum absolute atomic E-state index is 3.45.